The van der Waals surface area contributed by atoms with Crippen molar-refractivity contribution in [1.82, 2.24) is 5.32 Å². The topological polar surface area (TPSA) is 88.8 Å². The van der Waals surface area contributed by atoms with E-state index in [0.717, 1.165) is 30.6 Å². The van der Waals surface area contributed by atoms with Crippen LogP contribution in [-0.2, 0) is 12.8 Å². The van der Waals surface area contributed by atoms with Crippen molar-refractivity contribution in [3.63, 3.8) is 0 Å². The van der Waals surface area contributed by atoms with E-state index in [2.05, 4.69) is 11.4 Å². The second-order valence-electron chi connectivity index (χ2n) is 5.05. The van der Waals surface area contributed by atoms with Crippen LogP contribution in [0.5, 0.6) is 5.75 Å². The Morgan fingerprint density at radius 3 is 2.91 bits per heavy atom. The van der Waals surface area contributed by atoms with Crippen molar-refractivity contribution in [2.45, 2.75) is 12.8 Å². The summed E-state index contributed by atoms with van der Waals surface area (Å²) in [5, 5.41) is 11.5. The molecule has 0 fully saturated rings. The number of fused-ring (bicyclic) bond motifs is 1. The van der Waals surface area contributed by atoms with Crippen molar-refractivity contribution in [1.29, 1.82) is 0 Å². The van der Waals surface area contributed by atoms with Crippen LogP contribution in [0, 0.1) is 0 Å². The molecule has 0 bridgehead atoms. The number of hydrogen-bond acceptors (Lipinski definition) is 4. The summed E-state index contributed by atoms with van der Waals surface area (Å²) in [6.45, 7) is 1.17. The van der Waals surface area contributed by atoms with Gasteiger partial charge in [-0.05, 0) is 23.6 Å². The summed E-state index contributed by atoms with van der Waals surface area (Å²) in [6.07, 6.45) is 2.66. The highest BCUT2D eigenvalue weighted by Crippen LogP contribution is 2.25. The highest BCUT2D eigenvalue weighted by molar-refractivity contribution is 5.95. The van der Waals surface area contributed by atoms with Crippen molar-refractivity contribution in [2.75, 3.05) is 13.2 Å². The summed E-state index contributed by atoms with van der Waals surface area (Å²) in [5.74, 6) is -0.607. The molecule has 6 nitrogen and oxygen atoms in total. The zero-order valence-corrected chi connectivity index (χ0v) is 11.8. The van der Waals surface area contributed by atoms with Gasteiger partial charge in [-0.25, -0.2) is 4.79 Å². The molecule has 0 aliphatic carbocycles. The van der Waals surface area contributed by atoms with E-state index in [0.29, 0.717) is 13.0 Å². The Bertz CT molecular complexity index is 719. The summed E-state index contributed by atoms with van der Waals surface area (Å²) in [7, 11) is 0. The number of carboxylic acids is 1. The third kappa shape index (κ3) is 2.95. The van der Waals surface area contributed by atoms with Gasteiger partial charge in [-0.2, -0.15) is 0 Å². The second kappa shape index (κ2) is 5.93. The van der Waals surface area contributed by atoms with Gasteiger partial charge >= 0.3 is 5.97 Å². The number of amides is 1. The number of hydrogen-bond donors (Lipinski definition) is 2. The maximum atomic E-state index is 11.8. The first-order valence-corrected chi connectivity index (χ1v) is 6.98. The molecule has 22 heavy (non-hydrogen) atoms. The van der Waals surface area contributed by atoms with Crippen LogP contribution < -0.4 is 10.1 Å². The quantitative estimate of drug-likeness (QED) is 0.880. The number of rotatable bonds is 5. The average molecular weight is 301 g/mol. The van der Waals surface area contributed by atoms with Gasteiger partial charge in [-0.1, -0.05) is 12.1 Å². The van der Waals surface area contributed by atoms with Gasteiger partial charge < -0.3 is 19.6 Å². The third-order valence-corrected chi connectivity index (χ3v) is 3.52. The van der Waals surface area contributed by atoms with Gasteiger partial charge in [0.05, 0.1) is 12.2 Å². The molecule has 2 aromatic rings. The normalized spacial score (nSPS) is 12.5. The van der Waals surface area contributed by atoms with E-state index in [9.17, 15) is 9.59 Å². The first kappa shape index (κ1) is 14.2. The Kier molecular flexibility index (Phi) is 3.82. The van der Waals surface area contributed by atoms with Gasteiger partial charge in [0.25, 0.3) is 5.91 Å². The molecule has 6 heteroatoms. The molecular weight excluding hydrogens is 286 g/mol. The molecular formula is C16H15NO5. The predicted octanol–water partition coefficient (Wildman–Crippen LogP) is 1.89. The van der Waals surface area contributed by atoms with E-state index in [1.54, 1.807) is 0 Å². The third-order valence-electron chi connectivity index (χ3n) is 3.52. The first-order valence-electron chi connectivity index (χ1n) is 6.98. The lowest BCUT2D eigenvalue weighted by atomic mass is 10.1. The number of ether oxygens (including phenoxy) is 1. The number of benzene rings is 1. The molecule has 1 aliphatic heterocycles. The Morgan fingerprint density at radius 2 is 2.14 bits per heavy atom. The van der Waals surface area contributed by atoms with Crippen molar-refractivity contribution in [3.8, 4) is 5.75 Å². The lowest BCUT2D eigenvalue weighted by Crippen LogP contribution is -2.25. The van der Waals surface area contributed by atoms with Crippen LogP contribution in [0.1, 0.15) is 32.0 Å². The lowest BCUT2D eigenvalue weighted by Gasteiger charge is -2.05. The Morgan fingerprint density at radius 1 is 1.27 bits per heavy atom. The van der Waals surface area contributed by atoms with Crippen LogP contribution >= 0.6 is 0 Å². The largest absolute Gasteiger partial charge is 0.493 e. The molecule has 0 spiro atoms. The summed E-state index contributed by atoms with van der Waals surface area (Å²) in [5.41, 5.74) is 2.28. The van der Waals surface area contributed by atoms with Crippen molar-refractivity contribution < 1.29 is 23.8 Å². The molecule has 0 saturated carbocycles. The number of carboxylic acid groups (broad SMARTS) is 1. The molecule has 3 rings (SSSR count). The number of carbonyl (C=O) groups excluding carboxylic acids is 1. The van der Waals surface area contributed by atoms with E-state index < -0.39 is 11.9 Å². The van der Waals surface area contributed by atoms with Gasteiger partial charge in [0.1, 0.15) is 12.0 Å². The summed E-state index contributed by atoms with van der Waals surface area (Å²) >= 11 is 0. The average Bonchev–Trinajstić information content (AvgIpc) is 3.16. The summed E-state index contributed by atoms with van der Waals surface area (Å²) < 4.78 is 10.4. The van der Waals surface area contributed by atoms with Crippen LogP contribution in [0.4, 0.5) is 0 Å². The molecule has 0 saturated heterocycles. The van der Waals surface area contributed by atoms with E-state index in [4.69, 9.17) is 14.3 Å². The summed E-state index contributed by atoms with van der Waals surface area (Å²) in [6, 6.07) is 7.23. The fourth-order valence-electron chi connectivity index (χ4n) is 2.37. The molecule has 1 amide bonds. The van der Waals surface area contributed by atoms with Crippen molar-refractivity contribution in [3.05, 3.63) is 53.0 Å². The minimum atomic E-state index is -1.12. The Hall–Kier alpha value is -2.76. The minimum Gasteiger partial charge on any atom is -0.493 e. The van der Waals surface area contributed by atoms with Crippen LogP contribution in [0.25, 0.3) is 0 Å². The van der Waals surface area contributed by atoms with Crippen LogP contribution in [0.2, 0.25) is 0 Å². The molecule has 0 unspecified atom stereocenters. The number of aromatic carboxylic acids is 1. The van der Waals surface area contributed by atoms with E-state index in [1.165, 1.54) is 11.6 Å². The van der Waals surface area contributed by atoms with Crippen LogP contribution in [0.3, 0.4) is 0 Å². The Balaban J connectivity index is 1.54. The molecule has 1 aromatic carbocycles. The van der Waals surface area contributed by atoms with Crippen LogP contribution in [-0.4, -0.2) is 30.1 Å². The van der Waals surface area contributed by atoms with E-state index >= 15 is 0 Å². The van der Waals surface area contributed by atoms with Gasteiger partial charge in [-0.15, -0.1) is 0 Å². The highest BCUT2D eigenvalue weighted by atomic mass is 16.5. The van der Waals surface area contributed by atoms with Gasteiger partial charge in [0.15, 0.2) is 5.76 Å². The zero-order valence-electron chi connectivity index (χ0n) is 11.8. The standard InChI is InChI=1S/C16H15NO5/c18-15(14-8-12(9-22-14)16(19)20)17-5-3-10-1-2-13-11(7-10)4-6-21-13/h1-2,7-9H,3-6H2,(H,17,18)(H,19,20). The number of furan rings is 1. The van der Waals surface area contributed by atoms with Crippen molar-refractivity contribution in [2.24, 2.45) is 0 Å². The predicted molar refractivity (Wildman–Crippen MR) is 77.3 cm³/mol. The molecule has 0 atom stereocenters. The number of nitrogens with one attached hydrogen (secondary N) is 1. The van der Waals surface area contributed by atoms with Crippen LogP contribution in [0.15, 0.2) is 34.9 Å². The summed E-state index contributed by atoms with van der Waals surface area (Å²) in [4.78, 5) is 22.6. The van der Waals surface area contributed by atoms with E-state index in [1.807, 2.05) is 12.1 Å². The molecule has 1 aliphatic rings. The molecule has 114 valence electrons. The second-order valence-corrected chi connectivity index (χ2v) is 5.05. The minimum absolute atomic E-state index is 0.000228. The fraction of sp³-hybridized carbons (Fsp3) is 0.250. The van der Waals surface area contributed by atoms with E-state index in [-0.39, 0.29) is 11.3 Å². The maximum absolute atomic E-state index is 11.8. The van der Waals surface area contributed by atoms with Gasteiger partial charge in [0, 0.05) is 19.0 Å². The van der Waals surface area contributed by atoms with Crippen molar-refractivity contribution >= 4 is 11.9 Å². The highest BCUT2D eigenvalue weighted by Gasteiger charge is 2.15. The zero-order chi connectivity index (χ0) is 15.5. The van der Waals surface area contributed by atoms with Gasteiger partial charge in [0.2, 0.25) is 0 Å². The monoisotopic (exact) mass is 301 g/mol. The van der Waals surface area contributed by atoms with Gasteiger partial charge in [-0.3, -0.25) is 4.79 Å². The number of carbonyl (C=O) groups is 2. The smallest absolute Gasteiger partial charge is 0.338 e. The molecule has 2 N–H and O–H groups in total. The first-order chi connectivity index (χ1) is 10.6. The molecule has 0 radical (unpaired) electrons. The molecule has 1 aromatic heterocycles. The maximum Gasteiger partial charge on any atom is 0.338 e. The Labute approximate surface area is 126 Å². The fourth-order valence-corrected chi connectivity index (χ4v) is 2.37. The lowest BCUT2D eigenvalue weighted by molar-refractivity contribution is 0.0696. The molecule has 2 heterocycles. The SMILES string of the molecule is O=C(O)c1coc(C(=O)NCCc2ccc3c(c2)CCO3)c1.